The van der Waals surface area contributed by atoms with Gasteiger partial charge in [0.15, 0.2) is 6.10 Å². The van der Waals surface area contributed by atoms with Crippen molar-refractivity contribution in [3.8, 4) is 0 Å². The van der Waals surface area contributed by atoms with Crippen molar-refractivity contribution >= 4 is 33.3 Å². The third kappa shape index (κ3) is 26.2. The SMILES string of the molecule is CCCCCCCCCCCCCCC(=O)O[C@@H](COP=O)COC(=O)CCCCCCCCS. The first-order chi connectivity index (χ1) is 17.1. The molecule has 0 aliphatic carbocycles. The molecule has 0 rings (SSSR count). The lowest BCUT2D eigenvalue weighted by Crippen LogP contribution is -2.28. The minimum Gasteiger partial charge on any atom is -0.462 e. The van der Waals surface area contributed by atoms with Gasteiger partial charge in [0.25, 0.3) is 0 Å². The average Bonchev–Trinajstić information content (AvgIpc) is 2.85. The average molecular weight is 535 g/mol. The van der Waals surface area contributed by atoms with Crippen molar-refractivity contribution in [2.45, 2.75) is 141 Å². The number of esters is 2. The topological polar surface area (TPSA) is 78.9 Å². The second-order valence-electron chi connectivity index (χ2n) is 9.40. The molecule has 0 bridgehead atoms. The number of carbonyl (C=O) groups is 2. The zero-order valence-electron chi connectivity index (χ0n) is 22.2. The quantitative estimate of drug-likeness (QED) is 0.0493. The van der Waals surface area contributed by atoms with E-state index in [2.05, 4.69) is 19.6 Å². The van der Waals surface area contributed by atoms with E-state index in [9.17, 15) is 14.2 Å². The highest BCUT2D eigenvalue weighted by atomic mass is 32.1. The number of hydrogen-bond acceptors (Lipinski definition) is 7. The Morgan fingerprint density at radius 3 is 1.60 bits per heavy atom. The first-order valence-electron chi connectivity index (χ1n) is 14.0. The van der Waals surface area contributed by atoms with Crippen molar-refractivity contribution in [2.24, 2.45) is 0 Å². The zero-order chi connectivity index (χ0) is 25.8. The van der Waals surface area contributed by atoms with Crippen molar-refractivity contribution in [1.82, 2.24) is 0 Å². The molecule has 0 saturated heterocycles. The Labute approximate surface area is 221 Å². The Kier molecular flexibility index (Phi) is 27.4. The van der Waals surface area contributed by atoms with Gasteiger partial charge >= 0.3 is 20.6 Å². The summed E-state index contributed by atoms with van der Waals surface area (Å²) in [5, 5.41) is 0. The van der Waals surface area contributed by atoms with E-state index in [4.69, 9.17) is 14.0 Å². The molecular weight excluding hydrogens is 483 g/mol. The number of unbranched alkanes of at least 4 members (excludes halogenated alkanes) is 16. The first kappa shape index (κ1) is 34.4. The fraction of sp³-hybridized carbons (Fsp3) is 0.926. The molecular formula is C27H51O6PS. The van der Waals surface area contributed by atoms with Crippen LogP contribution in [-0.4, -0.2) is 37.0 Å². The summed E-state index contributed by atoms with van der Waals surface area (Å²) in [6.07, 6.45) is 21.2. The smallest absolute Gasteiger partial charge is 0.327 e. The molecule has 0 unspecified atom stereocenters. The van der Waals surface area contributed by atoms with E-state index in [1.807, 2.05) is 0 Å². The van der Waals surface area contributed by atoms with Crippen LogP contribution in [0.3, 0.4) is 0 Å². The minimum absolute atomic E-state index is 0.0618. The summed E-state index contributed by atoms with van der Waals surface area (Å²) in [4.78, 5) is 24.1. The Morgan fingerprint density at radius 1 is 0.657 bits per heavy atom. The van der Waals surface area contributed by atoms with Gasteiger partial charge in [-0.25, -0.2) is 4.57 Å². The van der Waals surface area contributed by atoms with Gasteiger partial charge in [-0.3, -0.25) is 14.1 Å². The Hall–Kier alpha value is -0.650. The largest absolute Gasteiger partial charge is 0.462 e. The Balaban J connectivity index is 3.81. The van der Waals surface area contributed by atoms with Crippen LogP contribution in [0, 0.1) is 0 Å². The van der Waals surface area contributed by atoms with Crippen LogP contribution in [0.25, 0.3) is 0 Å². The van der Waals surface area contributed by atoms with Crippen LogP contribution >= 0.6 is 21.3 Å². The number of ether oxygens (including phenoxy) is 2. The molecule has 0 aromatic rings. The lowest BCUT2D eigenvalue weighted by atomic mass is 10.0. The van der Waals surface area contributed by atoms with Crippen molar-refractivity contribution < 1.29 is 28.2 Å². The van der Waals surface area contributed by atoms with Gasteiger partial charge in [0.2, 0.25) is 0 Å². The first-order valence-corrected chi connectivity index (χ1v) is 15.4. The summed E-state index contributed by atoms with van der Waals surface area (Å²) in [5.41, 5.74) is 0. The van der Waals surface area contributed by atoms with Gasteiger partial charge in [-0.1, -0.05) is 103 Å². The Bertz CT molecular complexity index is 506. The van der Waals surface area contributed by atoms with Crippen LogP contribution in [0.5, 0.6) is 0 Å². The van der Waals surface area contributed by atoms with Gasteiger partial charge in [-0.05, 0) is 25.0 Å². The maximum atomic E-state index is 12.2. The molecule has 0 aromatic heterocycles. The number of rotatable bonds is 27. The van der Waals surface area contributed by atoms with E-state index in [-0.39, 0.29) is 25.2 Å². The van der Waals surface area contributed by atoms with Crippen LogP contribution in [0.15, 0.2) is 0 Å². The highest BCUT2D eigenvalue weighted by Crippen LogP contribution is 2.13. The van der Waals surface area contributed by atoms with Crippen LogP contribution in [-0.2, 0) is 28.2 Å². The molecule has 0 aliphatic rings. The maximum Gasteiger partial charge on any atom is 0.327 e. The lowest BCUT2D eigenvalue weighted by Gasteiger charge is -2.16. The molecule has 206 valence electrons. The molecule has 0 aliphatic heterocycles. The number of thiol groups is 1. The summed E-state index contributed by atoms with van der Waals surface area (Å²) in [5.74, 6) is 0.292. The highest BCUT2D eigenvalue weighted by Gasteiger charge is 2.17. The zero-order valence-corrected chi connectivity index (χ0v) is 24.0. The predicted molar refractivity (Wildman–Crippen MR) is 146 cm³/mol. The fourth-order valence-corrected chi connectivity index (χ4v) is 4.38. The van der Waals surface area contributed by atoms with E-state index in [1.54, 1.807) is 0 Å². The standard InChI is InChI=1S/C27H51O6PS/c1-2-3-4-5-6-7-8-9-10-11-15-18-21-27(29)33-25(24-32-34-30)23-31-26(28)20-17-14-12-13-16-19-22-35/h25,35H,2-24H2,1H3/t25-/m1/s1. The van der Waals surface area contributed by atoms with E-state index >= 15 is 0 Å². The molecule has 0 radical (unpaired) electrons. The molecule has 0 aromatic carbocycles. The molecule has 6 nitrogen and oxygen atoms in total. The van der Waals surface area contributed by atoms with Crippen LogP contribution in [0.4, 0.5) is 0 Å². The molecule has 0 amide bonds. The van der Waals surface area contributed by atoms with Gasteiger partial charge in [-0.15, -0.1) is 0 Å². The summed E-state index contributed by atoms with van der Waals surface area (Å²) < 4.78 is 26.1. The predicted octanol–water partition coefficient (Wildman–Crippen LogP) is 8.42. The summed E-state index contributed by atoms with van der Waals surface area (Å²) in [6.45, 7) is 2.11. The van der Waals surface area contributed by atoms with Crippen molar-refractivity contribution in [3.63, 3.8) is 0 Å². The van der Waals surface area contributed by atoms with E-state index in [0.29, 0.717) is 12.8 Å². The van der Waals surface area contributed by atoms with Gasteiger partial charge in [0, 0.05) is 12.8 Å². The van der Waals surface area contributed by atoms with Crippen LogP contribution in [0.2, 0.25) is 0 Å². The lowest BCUT2D eigenvalue weighted by molar-refractivity contribution is -0.160. The van der Waals surface area contributed by atoms with Crippen molar-refractivity contribution in [2.75, 3.05) is 19.0 Å². The third-order valence-corrected chi connectivity index (χ3v) is 6.64. The molecule has 0 spiro atoms. The normalized spacial score (nSPS) is 12.1. The van der Waals surface area contributed by atoms with Gasteiger partial charge in [0.1, 0.15) is 13.2 Å². The molecule has 0 fully saturated rings. The van der Waals surface area contributed by atoms with Gasteiger partial charge in [-0.2, -0.15) is 12.6 Å². The third-order valence-electron chi connectivity index (χ3n) is 6.06. The van der Waals surface area contributed by atoms with E-state index in [0.717, 1.165) is 50.7 Å². The minimum atomic E-state index is -0.730. The van der Waals surface area contributed by atoms with Crippen LogP contribution < -0.4 is 0 Å². The molecule has 8 heteroatoms. The molecule has 0 saturated carbocycles. The maximum absolute atomic E-state index is 12.2. The molecule has 0 N–H and O–H groups in total. The van der Waals surface area contributed by atoms with E-state index < -0.39 is 14.8 Å². The van der Waals surface area contributed by atoms with Gasteiger partial charge < -0.3 is 9.47 Å². The second-order valence-corrected chi connectivity index (χ2v) is 10.3. The Morgan fingerprint density at radius 2 is 1.11 bits per heavy atom. The van der Waals surface area contributed by atoms with Gasteiger partial charge in [0.05, 0.1) is 0 Å². The monoisotopic (exact) mass is 534 g/mol. The molecule has 35 heavy (non-hydrogen) atoms. The summed E-state index contributed by atoms with van der Waals surface area (Å²) in [7, 11) is -0.487. The highest BCUT2D eigenvalue weighted by molar-refractivity contribution is 7.80. The van der Waals surface area contributed by atoms with Crippen molar-refractivity contribution in [1.29, 1.82) is 0 Å². The number of carbonyl (C=O) groups excluding carboxylic acids is 2. The summed E-state index contributed by atoms with van der Waals surface area (Å²) in [6, 6.07) is 0. The second kappa shape index (κ2) is 27.9. The molecule has 1 atom stereocenters. The summed E-state index contributed by atoms with van der Waals surface area (Å²) >= 11 is 4.20. The van der Waals surface area contributed by atoms with Crippen LogP contribution in [0.1, 0.15) is 135 Å². The van der Waals surface area contributed by atoms with E-state index in [1.165, 1.54) is 70.6 Å². The number of hydrogen-bond donors (Lipinski definition) is 1. The fourth-order valence-electron chi connectivity index (χ4n) is 3.93. The molecule has 0 heterocycles. The van der Waals surface area contributed by atoms with Crippen molar-refractivity contribution in [3.05, 3.63) is 0 Å².